The first-order valence-electron chi connectivity index (χ1n) is 13.8. The van der Waals surface area contributed by atoms with E-state index in [0.717, 1.165) is 45.5 Å². The van der Waals surface area contributed by atoms with Crippen LogP contribution in [0.3, 0.4) is 0 Å². The third-order valence-electron chi connectivity index (χ3n) is 8.88. The number of rotatable bonds is 7. The van der Waals surface area contributed by atoms with Crippen LogP contribution in [-0.4, -0.2) is 35.1 Å². The summed E-state index contributed by atoms with van der Waals surface area (Å²) in [5.74, 6) is 2.24. The minimum absolute atomic E-state index is 0.207. The molecule has 4 aliphatic carbocycles. The molecule has 2 aromatic rings. The van der Waals surface area contributed by atoms with Gasteiger partial charge in [0.25, 0.3) is 11.1 Å². The van der Waals surface area contributed by atoms with Crippen LogP contribution in [0.4, 0.5) is 10.5 Å². The summed E-state index contributed by atoms with van der Waals surface area (Å²) >= 11 is 7.02. The molecule has 4 saturated carbocycles. The van der Waals surface area contributed by atoms with Gasteiger partial charge in [-0.1, -0.05) is 23.7 Å². The Morgan fingerprint density at radius 2 is 1.79 bits per heavy atom. The molecule has 0 unspecified atom stereocenters. The molecule has 204 valence electrons. The van der Waals surface area contributed by atoms with Gasteiger partial charge in [0, 0.05) is 16.3 Å². The number of nitrogens with one attached hydrogen (secondary N) is 1. The van der Waals surface area contributed by atoms with Crippen molar-refractivity contribution in [2.24, 2.45) is 17.8 Å². The Bertz CT molecular complexity index is 1350. The first-order valence-corrected chi connectivity index (χ1v) is 15.0. The van der Waals surface area contributed by atoms with Gasteiger partial charge in [-0.2, -0.15) is 0 Å². The van der Waals surface area contributed by atoms with Gasteiger partial charge in [0.1, 0.15) is 12.3 Å². The Morgan fingerprint density at radius 1 is 1.10 bits per heavy atom. The Kier molecular flexibility index (Phi) is 7.00. The number of nitrogens with zero attached hydrogens (tertiary/aromatic N) is 1. The van der Waals surface area contributed by atoms with Crippen LogP contribution >= 0.6 is 23.4 Å². The van der Waals surface area contributed by atoms with Crippen LogP contribution in [0.5, 0.6) is 5.75 Å². The highest BCUT2D eigenvalue weighted by atomic mass is 35.5. The Balaban J connectivity index is 1.23. The summed E-state index contributed by atoms with van der Waals surface area (Å²) in [7, 11) is 0. The predicted octanol–water partition coefficient (Wildman–Crippen LogP) is 7.19. The molecule has 1 aliphatic heterocycles. The summed E-state index contributed by atoms with van der Waals surface area (Å²) in [5, 5.41) is 2.79. The van der Waals surface area contributed by atoms with Crippen molar-refractivity contribution in [1.82, 2.24) is 4.90 Å². The molecule has 1 saturated heterocycles. The molecule has 4 bridgehead atoms. The number of hydrogen-bond donors (Lipinski definition) is 1. The van der Waals surface area contributed by atoms with E-state index in [9.17, 15) is 14.4 Å². The molecule has 3 amide bonds. The molecule has 1 N–H and O–H groups in total. The standard InChI is InChI=1S/C31H33ClN2O4S/c1-3-38-26-7-5-23(31-14-19-8-20(15-31)10-21(9-19)16-31)11-22(26)12-27-29(36)34(30(37)39-27)17-28(35)33-24-6-4-18(2)25(32)13-24/h4-7,11-13,19-21H,3,8-10,14-17H2,1-2H3,(H,33,35)/b27-12+. The Labute approximate surface area is 238 Å². The van der Waals surface area contributed by atoms with Crippen molar-refractivity contribution >= 4 is 52.2 Å². The van der Waals surface area contributed by atoms with Crippen molar-refractivity contribution in [3.63, 3.8) is 0 Å². The highest BCUT2D eigenvalue weighted by Gasteiger charge is 2.51. The van der Waals surface area contributed by atoms with E-state index in [-0.39, 0.29) is 12.0 Å². The van der Waals surface area contributed by atoms with Crippen LogP contribution in [0.2, 0.25) is 5.02 Å². The number of carbonyl (C=O) groups is 3. The molecule has 0 aromatic heterocycles. The van der Waals surface area contributed by atoms with Crippen LogP contribution in [-0.2, 0) is 15.0 Å². The number of thioether (sulfide) groups is 1. The molecule has 5 aliphatic rings. The summed E-state index contributed by atoms with van der Waals surface area (Å²) in [6, 6.07) is 11.6. The molecule has 0 radical (unpaired) electrons. The Morgan fingerprint density at radius 3 is 2.44 bits per heavy atom. The molecule has 39 heavy (non-hydrogen) atoms. The quantitative estimate of drug-likeness (QED) is 0.360. The molecule has 5 fully saturated rings. The number of carbonyl (C=O) groups excluding carboxylic acids is 3. The van der Waals surface area contributed by atoms with Gasteiger partial charge in [-0.25, -0.2) is 0 Å². The summed E-state index contributed by atoms with van der Waals surface area (Å²) in [6.45, 7) is 3.95. The SMILES string of the molecule is CCOc1ccc(C23CC4CC(CC(C4)C2)C3)cc1/C=C1/SC(=O)N(CC(=O)Nc2ccc(C)c(Cl)c2)C1=O. The fourth-order valence-electron chi connectivity index (χ4n) is 7.53. The zero-order chi connectivity index (χ0) is 27.3. The minimum atomic E-state index is -0.468. The van der Waals surface area contributed by atoms with E-state index in [4.69, 9.17) is 16.3 Å². The molecular weight excluding hydrogens is 532 g/mol. The number of hydrogen-bond acceptors (Lipinski definition) is 5. The maximum Gasteiger partial charge on any atom is 0.294 e. The van der Waals surface area contributed by atoms with Crippen LogP contribution < -0.4 is 10.1 Å². The fourth-order valence-corrected chi connectivity index (χ4v) is 8.54. The van der Waals surface area contributed by atoms with Gasteiger partial charge in [0.05, 0.1) is 11.5 Å². The lowest BCUT2D eigenvalue weighted by Gasteiger charge is -2.57. The number of imide groups is 1. The molecule has 7 rings (SSSR count). The van der Waals surface area contributed by atoms with Crippen molar-refractivity contribution in [3.8, 4) is 5.75 Å². The zero-order valence-corrected chi connectivity index (χ0v) is 23.9. The summed E-state index contributed by atoms with van der Waals surface area (Å²) in [5.41, 5.74) is 3.75. The van der Waals surface area contributed by atoms with Gasteiger partial charge >= 0.3 is 0 Å². The van der Waals surface area contributed by atoms with Crippen LogP contribution in [0, 0.1) is 24.7 Å². The van der Waals surface area contributed by atoms with E-state index < -0.39 is 17.1 Å². The summed E-state index contributed by atoms with van der Waals surface area (Å²) in [6.07, 6.45) is 9.61. The lowest BCUT2D eigenvalue weighted by molar-refractivity contribution is -0.127. The molecule has 0 spiro atoms. The van der Waals surface area contributed by atoms with Crippen molar-refractivity contribution in [2.75, 3.05) is 18.5 Å². The van der Waals surface area contributed by atoms with Gasteiger partial charge in [-0.05, 0) is 129 Å². The topological polar surface area (TPSA) is 75.7 Å². The summed E-state index contributed by atoms with van der Waals surface area (Å²) < 4.78 is 5.92. The predicted molar refractivity (Wildman–Crippen MR) is 155 cm³/mol. The highest BCUT2D eigenvalue weighted by molar-refractivity contribution is 8.18. The molecule has 0 atom stereocenters. The van der Waals surface area contributed by atoms with Crippen molar-refractivity contribution in [2.45, 2.75) is 57.8 Å². The summed E-state index contributed by atoms with van der Waals surface area (Å²) in [4.78, 5) is 40.0. The van der Waals surface area contributed by atoms with E-state index >= 15 is 0 Å². The maximum absolute atomic E-state index is 13.3. The lowest BCUT2D eigenvalue weighted by Crippen LogP contribution is -2.48. The first kappa shape index (κ1) is 26.5. The van der Waals surface area contributed by atoms with Crippen molar-refractivity contribution in [3.05, 3.63) is 63.0 Å². The second-order valence-electron chi connectivity index (χ2n) is 11.7. The number of halogens is 1. The lowest BCUT2D eigenvalue weighted by atomic mass is 9.48. The number of benzene rings is 2. The van der Waals surface area contributed by atoms with Crippen molar-refractivity contribution in [1.29, 1.82) is 0 Å². The number of ether oxygens (including phenoxy) is 1. The van der Waals surface area contributed by atoms with E-state index in [2.05, 4.69) is 17.4 Å². The number of aryl methyl sites for hydroxylation is 1. The fraction of sp³-hybridized carbons (Fsp3) is 0.452. The van der Waals surface area contributed by atoms with Gasteiger partial charge in [0.2, 0.25) is 5.91 Å². The van der Waals surface area contributed by atoms with E-state index in [1.165, 1.54) is 44.1 Å². The van der Waals surface area contributed by atoms with E-state index in [1.807, 2.05) is 19.9 Å². The van der Waals surface area contributed by atoms with Crippen LogP contribution in [0.25, 0.3) is 6.08 Å². The van der Waals surface area contributed by atoms with E-state index in [0.29, 0.717) is 28.0 Å². The molecule has 6 nitrogen and oxygen atoms in total. The Hall–Kier alpha value is -2.77. The average Bonchev–Trinajstić information content (AvgIpc) is 3.14. The van der Waals surface area contributed by atoms with Gasteiger partial charge in [0.15, 0.2) is 0 Å². The largest absolute Gasteiger partial charge is 0.493 e. The normalized spacial score (nSPS) is 28.4. The molecule has 1 heterocycles. The van der Waals surface area contributed by atoms with Crippen LogP contribution in [0.1, 0.15) is 62.1 Å². The second kappa shape index (κ2) is 10.3. The average molecular weight is 565 g/mol. The van der Waals surface area contributed by atoms with Gasteiger partial charge < -0.3 is 10.1 Å². The smallest absolute Gasteiger partial charge is 0.294 e. The third kappa shape index (κ3) is 5.11. The third-order valence-corrected chi connectivity index (χ3v) is 10.2. The first-order chi connectivity index (χ1) is 18.7. The molecule has 8 heteroatoms. The monoisotopic (exact) mass is 564 g/mol. The molecular formula is C31H33ClN2O4S. The second-order valence-corrected chi connectivity index (χ2v) is 13.1. The van der Waals surface area contributed by atoms with Crippen molar-refractivity contribution < 1.29 is 19.1 Å². The zero-order valence-electron chi connectivity index (χ0n) is 22.3. The van der Waals surface area contributed by atoms with Gasteiger partial charge in [-0.3, -0.25) is 19.3 Å². The number of anilines is 1. The maximum atomic E-state index is 13.3. The van der Waals surface area contributed by atoms with Crippen LogP contribution in [0.15, 0.2) is 41.3 Å². The highest BCUT2D eigenvalue weighted by Crippen LogP contribution is 2.61. The van der Waals surface area contributed by atoms with Gasteiger partial charge in [-0.15, -0.1) is 0 Å². The van der Waals surface area contributed by atoms with E-state index in [1.54, 1.807) is 24.3 Å². The molecule has 2 aromatic carbocycles. The number of amides is 3. The minimum Gasteiger partial charge on any atom is -0.493 e.